The number of rotatable bonds is 7. The minimum atomic E-state index is 0.240. The molecule has 20 heavy (non-hydrogen) atoms. The van der Waals surface area contributed by atoms with Gasteiger partial charge in [-0.1, -0.05) is 37.3 Å². The van der Waals surface area contributed by atoms with Crippen LogP contribution in [0.2, 0.25) is 0 Å². The van der Waals surface area contributed by atoms with Crippen molar-refractivity contribution in [2.24, 2.45) is 5.92 Å². The van der Waals surface area contributed by atoms with Crippen LogP contribution >= 0.6 is 0 Å². The molecule has 0 aliphatic carbocycles. The summed E-state index contributed by atoms with van der Waals surface area (Å²) in [5, 5.41) is 9.23. The molecule has 2 rings (SSSR count). The van der Waals surface area contributed by atoms with Gasteiger partial charge in [-0.15, -0.1) is 0 Å². The van der Waals surface area contributed by atoms with Crippen LogP contribution in [-0.2, 0) is 6.54 Å². The van der Waals surface area contributed by atoms with Crippen LogP contribution in [0.25, 0.3) is 0 Å². The highest BCUT2D eigenvalue weighted by molar-refractivity contribution is 5.14. The summed E-state index contributed by atoms with van der Waals surface area (Å²) in [5.41, 5.74) is 1.33. The van der Waals surface area contributed by atoms with E-state index in [0.29, 0.717) is 0 Å². The predicted octanol–water partition coefficient (Wildman–Crippen LogP) is 2.21. The zero-order valence-corrected chi connectivity index (χ0v) is 12.7. The Bertz CT molecular complexity index is 361. The van der Waals surface area contributed by atoms with E-state index in [1.165, 1.54) is 31.5 Å². The maximum Gasteiger partial charge on any atom is 0.0558 e. The van der Waals surface area contributed by atoms with Crippen LogP contribution in [0.3, 0.4) is 0 Å². The summed E-state index contributed by atoms with van der Waals surface area (Å²) in [5.74, 6) is 0.893. The Morgan fingerprint density at radius 1 is 1.15 bits per heavy atom. The molecule has 0 saturated carbocycles. The van der Waals surface area contributed by atoms with E-state index < -0.39 is 0 Å². The fourth-order valence-electron chi connectivity index (χ4n) is 2.82. The van der Waals surface area contributed by atoms with Gasteiger partial charge in [-0.25, -0.2) is 0 Å². The molecule has 1 saturated heterocycles. The van der Waals surface area contributed by atoms with E-state index in [4.69, 9.17) is 0 Å². The van der Waals surface area contributed by atoms with E-state index >= 15 is 0 Å². The average Bonchev–Trinajstić information content (AvgIpc) is 2.48. The summed E-state index contributed by atoms with van der Waals surface area (Å²) in [4.78, 5) is 4.92. The minimum absolute atomic E-state index is 0.240. The highest BCUT2D eigenvalue weighted by Crippen LogP contribution is 2.15. The van der Waals surface area contributed by atoms with Gasteiger partial charge >= 0.3 is 0 Å². The monoisotopic (exact) mass is 276 g/mol. The van der Waals surface area contributed by atoms with E-state index in [-0.39, 0.29) is 6.61 Å². The summed E-state index contributed by atoms with van der Waals surface area (Å²) < 4.78 is 0. The predicted molar refractivity (Wildman–Crippen MR) is 83.6 cm³/mol. The number of likely N-dealkylation sites (tertiary alicyclic amines) is 1. The fraction of sp³-hybridized carbons (Fsp3) is 0.647. The van der Waals surface area contributed by atoms with Gasteiger partial charge in [0.25, 0.3) is 0 Å². The minimum Gasteiger partial charge on any atom is -0.395 e. The average molecular weight is 276 g/mol. The van der Waals surface area contributed by atoms with Gasteiger partial charge < -0.3 is 10.0 Å². The van der Waals surface area contributed by atoms with Gasteiger partial charge in [-0.3, -0.25) is 4.90 Å². The van der Waals surface area contributed by atoms with Crippen molar-refractivity contribution in [3.05, 3.63) is 35.9 Å². The largest absolute Gasteiger partial charge is 0.395 e. The molecule has 1 aromatic rings. The van der Waals surface area contributed by atoms with E-state index in [0.717, 1.165) is 32.1 Å². The number of nitrogens with zero attached hydrogens (tertiary/aromatic N) is 2. The first kappa shape index (κ1) is 15.5. The molecule has 1 N–H and O–H groups in total. The molecule has 0 amide bonds. The Morgan fingerprint density at radius 3 is 2.50 bits per heavy atom. The van der Waals surface area contributed by atoms with Gasteiger partial charge in [0.1, 0.15) is 0 Å². The zero-order valence-electron chi connectivity index (χ0n) is 12.7. The van der Waals surface area contributed by atoms with Crippen LogP contribution in [0.5, 0.6) is 0 Å². The Balaban J connectivity index is 1.77. The second-order valence-corrected chi connectivity index (χ2v) is 6.01. The lowest BCUT2D eigenvalue weighted by atomic mass is 9.99. The van der Waals surface area contributed by atoms with Gasteiger partial charge in [0.2, 0.25) is 0 Å². The molecule has 1 fully saturated rings. The van der Waals surface area contributed by atoms with E-state index in [1.54, 1.807) is 0 Å². The first-order valence-corrected chi connectivity index (χ1v) is 7.87. The molecule has 3 heteroatoms. The van der Waals surface area contributed by atoms with Crippen molar-refractivity contribution < 1.29 is 5.11 Å². The van der Waals surface area contributed by atoms with E-state index in [1.807, 2.05) is 0 Å². The molecule has 0 aromatic heterocycles. The van der Waals surface area contributed by atoms with Crippen LogP contribution in [0.4, 0.5) is 0 Å². The third kappa shape index (κ3) is 5.23. The molecule has 112 valence electrons. The smallest absolute Gasteiger partial charge is 0.0558 e. The molecular weight excluding hydrogens is 248 g/mol. The van der Waals surface area contributed by atoms with Crippen molar-refractivity contribution in [3.63, 3.8) is 0 Å². The normalized spacial score (nSPS) is 17.8. The van der Waals surface area contributed by atoms with E-state index in [2.05, 4.69) is 47.1 Å². The van der Waals surface area contributed by atoms with Crippen molar-refractivity contribution >= 4 is 0 Å². The summed E-state index contributed by atoms with van der Waals surface area (Å²) in [6.07, 6.45) is 2.66. The first-order chi connectivity index (χ1) is 9.78. The van der Waals surface area contributed by atoms with Crippen LogP contribution in [0.1, 0.15) is 25.3 Å². The first-order valence-electron chi connectivity index (χ1n) is 7.87. The molecule has 1 aromatic carbocycles. The Hall–Kier alpha value is -0.900. The Kier molecular flexibility index (Phi) is 6.51. The van der Waals surface area contributed by atoms with Crippen molar-refractivity contribution in [1.82, 2.24) is 9.80 Å². The number of benzene rings is 1. The summed E-state index contributed by atoms with van der Waals surface area (Å²) in [7, 11) is 0. The highest BCUT2D eigenvalue weighted by Gasteiger charge is 2.16. The SMILES string of the molecule is CC1CCN(CCN(CCO)Cc2ccccc2)CC1. The second-order valence-electron chi connectivity index (χ2n) is 6.01. The summed E-state index contributed by atoms with van der Waals surface area (Å²) >= 11 is 0. The molecule has 1 heterocycles. The van der Waals surface area contributed by atoms with Crippen molar-refractivity contribution in [1.29, 1.82) is 0 Å². The molecule has 1 aliphatic rings. The topological polar surface area (TPSA) is 26.7 Å². The second kappa shape index (κ2) is 8.40. The van der Waals surface area contributed by atoms with Crippen LogP contribution in [0.15, 0.2) is 30.3 Å². The van der Waals surface area contributed by atoms with E-state index in [9.17, 15) is 5.11 Å². The van der Waals surface area contributed by atoms with Crippen molar-refractivity contribution in [2.75, 3.05) is 39.3 Å². The standard InChI is InChI=1S/C17H28N2O/c1-16-7-9-18(10-8-16)11-12-19(13-14-20)15-17-5-3-2-4-6-17/h2-6,16,20H,7-15H2,1H3. The zero-order chi connectivity index (χ0) is 14.2. The molecule has 3 nitrogen and oxygen atoms in total. The highest BCUT2D eigenvalue weighted by atomic mass is 16.3. The quantitative estimate of drug-likeness (QED) is 0.827. The molecule has 0 spiro atoms. The van der Waals surface area contributed by atoms with Crippen molar-refractivity contribution in [3.8, 4) is 0 Å². The molecule has 0 unspecified atom stereocenters. The summed E-state index contributed by atoms with van der Waals surface area (Å²) in [6, 6.07) is 10.5. The molecular formula is C17H28N2O. The van der Waals surface area contributed by atoms with Gasteiger partial charge in [0.05, 0.1) is 6.61 Å². The van der Waals surface area contributed by atoms with Gasteiger partial charge in [-0.2, -0.15) is 0 Å². The number of aliphatic hydroxyl groups excluding tert-OH is 1. The summed E-state index contributed by atoms with van der Waals surface area (Å²) in [6.45, 7) is 8.93. The van der Waals surface area contributed by atoms with Crippen molar-refractivity contribution in [2.45, 2.75) is 26.3 Å². The van der Waals surface area contributed by atoms with Crippen LogP contribution < -0.4 is 0 Å². The third-order valence-electron chi connectivity index (χ3n) is 4.27. The molecule has 0 radical (unpaired) electrons. The Labute approximate surface area is 123 Å². The number of aliphatic hydroxyl groups is 1. The maximum atomic E-state index is 9.23. The van der Waals surface area contributed by atoms with Crippen LogP contribution in [0, 0.1) is 5.92 Å². The molecule has 0 bridgehead atoms. The van der Waals surface area contributed by atoms with Gasteiger partial charge in [0.15, 0.2) is 0 Å². The lowest BCUT2D eigenvalue weighted by molar-refractivity contribution is 0.141. The van der Waals surface area contributed by atoms with Gasteiger partial charge in [-0.05, 0) is 37.4 Å². The van der Waals surface area contributed by atoms with Gasteiger partial charge in [0, 0.05) is 26.2 Å². The molecule has 1 aliphatic heterocycles. The fourth-order valence-corrected chi connectivity index (χ4v) is 2.82. The van der Waals surface area contributed by atoms with Crippen LogP contribution in [-0.4, -0.2) is 54.2 Å². The molecule has 0 atom stereocenters. The maximum absolute atomic E-state index is 9.23. The Morgan fingerprint density at radius 2 is 1.85 bits per heavy atom. The number of piperidine rings is 1. The number of hydrogen-bond acceptors (Lipinski definition) is 3. The lowest BCUT2D eigenvalue weighted by Gasteiger charge is -2.32. The lowest BCUT2D eigenvalue weighted by Crippen LogP contribution is -2.40. The number of hydrogen-bond donors (Lipinski definition) is 1. The third-order valence-corrected chi connectivity index (χ3v) is 4.27.